The minimum atomic E-state index is 0.718. The molecule has 1 N–H and O–H groups in total. The number of nitrogens with zero attached hydrogens (tertiary/aromatic N) is 3. The van der Waals surface area contributed by atoms with Gasteiger partial charge in [0, 0.05) is 24.3 Å². The largest absolute Gasteiger partial charge is 0.353 e. The second-order valence-electron chi connectivity index (χ2n) is 6.01. The Morgan fingerprint density at radius 2 is 2.11 bits per heavy atom. The third-order valence-corrected chi connectivity index (χ3v) is 4.09. The lowest BCUT2D eigenvalue weighted by molar-refractivity contribution is 0.375. The van der Waals surface area contributed by atoms with E-state index in [-0.39, 0.29) is 0 Å². The Morgan fingerprint density at radius 3 is 2.74 bits per heavy atom. The van der Waals surface area contributed by atoms with E-state index < -0.39 is 0 Å². The zero-order valence-corrected chi connectivity index (χ0v) is 12.0. The van der Waals surface area contributed by atoms with Crippen LogP contribution in [0.5, 0.6) is 0 Å². The lowest BCUT2D eigenvalue weighted by Crippen LogP contribution is -2.39. The summed E-state index contributed by atoms with van der Waals surface area (Å²) in [5.74, 6) is 2.80. The third-order valence-electron chi connectivity index (χ3n) is 4.09. The fraction of sp³-hybridized carbons (Fsp3) is 0.733. The zero-order chi connectivity index (χ0) is 13.2. The van der Waals surface area contributed by atoms with E-state index in [2.05, 4.69) is 33.2 Å². The molecular weight excluding hydrogens is 236 g/mol. The highest BCUT2D eigenvalue weighted by Gasteiger charge is 2.32. The van der Waals surface area contributed by atoms with Gasteiger partial charge < -0.3 is 10.2 Å². The quantitative estimate of drug-likeness (QED) is 0.899. The molecule has 0 bridgehead atoms. The van der Waals surface area contributed by atoms with Crippen molar-refractivity contribution in [2.75, 3.05) is 24.5 Å². The van der Waals surface area contributed by atoms with Gasteiger partial charge in [-0.15, -0.1) is 0 Å². The molecule has 19 heavy (non-hydrogen) atoms. The van der Waals surface area contributed by atoms with Crippen LogP contribution in [0.2, 0.25) is 0 Å². The van der Waals surface area contributed by atoms with Crippen molar-refractivity contribution in [3.63, 3.8) is 0 Å². The Kier molecular flexibility index (Phi) is 3.69. The summed E-state index contributed by atoms with van der Waals surface area (Å²) < 4.78 is 0. The maximum atomic E-state index is 4.66. The van der Waals surface area contributed by atoms with Crippen molar-refractivity contribution in [1.29, 1.82) is 0 Å². The van der Waals surface area contributed by atoms with E-state index in [1.807, 2.05) is 6.92 Å². The number of anilines is 1. The van der Waals surface area contributed by atoms with Crippen LogP contribution in [0.4, 0.5) is 5.82 Å². The monoisotopic (exact) mass is 260 g/mol. The summed E-state index contributed by atoms with van der Waals surface area (Å²) in [4.78, 5) is 11.6. The molecule has 0 aromatic carbocycles. The fourth-order valence-corrected chi connectivity index (χ4v) is 3.02. The molecule has 1 atom stereocenters. The van der Waals surface area contributed by atoms with Gasteiger partial charge in [-0.05, 0) is 58.5 Å². The molecule has 2 heterocycles. The standard InChI is InChI=1S/C15H24N4/c1-11-8-15(18-12(2)17-11)19(14-5-6-14)10-13-4-3-7-16-9-13/h8,13-14,16H,3-7,9-10H2,1-2H3. The summed E-state index contributed by atoms with van der Waals surface area (Å²) in [5, 5.41) is 3.51. The van der Waals surface area contributed by atoms with Crippen molar-refractivity contribution in [3.8, 4) is 0 Å². The highest BCUT2D eigenvalue weighted by Crippen LogP contribution is 2.32. The van der Waals surface area contributed by atoms with Gasteiger partial charge in [0.2, 0.25) is 0 Å². The number of aromatic nitrogens is 2. The summed E-state index contributed by atoms with van der Waals surface area (Å²) in [6.07, 6.45) is 5.30. The highest BCUT2D eigenvalue weighted by atomic mass is 15.2. The summed E-state index contributed by atoms with van der Waals surface area (Å²) in [6.45, 7) is 7.54. The molecule has 1 saturated heterocycles. The normalized spacial score (nSPS) is 23.4. The molecule has 2 fully saturated rings. The van der Waals surface area contributed by atoms with Gasteiger partial charge in [-0.3, -0.25) is 0 Å². The molecule has 4 nitrogen and oxygen atoms in total. The van der Waals surface area contributed by atoms with Crippen LogP contribution in [0.3, 0.4) is 0 Å². The van der Waals surface area contributed by atoms with Crippen molar-refractivity contribution < 1.29 is 0 Å². The number of hydrogen-bond acceptors (Lipinski definition) is 4. The van der Waals surface area contributed by atoms with E-state index in [1.165, 1.54) is 32.2 Å². The molecule has 0 amide bonds. The Labute approximate surface area is 115 Å². The first-order valence-electron chi connectivity index (χ1n) is 7.52. The Morgan fingerprint density at radius 1 is 1.26 bits per heavy atom. The first-order valence-corrected chi connectivity index (χ1v) is 7.52. The van der Waals surface area contributed by atoms with Crippen molar-refractivity contribution in [2.45, 2.75) is 45.6 Å². The number of hydrogen-bond donors (Lipinski definition) is 1. The molecule has 1 aromatic heterocycles. The second kappa shape index (κ2) is 5.45. The van der Waals surface area contributed by atoms with Crippen LogP contribution >= 0.6 is 0 Å². The topological polar surface area (TPSA) is 41.0 Å². The van der Waals surface area contributed by atoms with E-state index in [0.29, 0.717) is 0 Å². The van der Waals surface area contributed by atoms with Crippen LogP contribution in [-0.4, -0.2) is 35.6 Å². The average Bonchev–Trinajstić information content (AvgIpc) is 3.20. The van der Waals surface area contributed by atoms with Crippen molar-refractivity contribution in [3.05, 3.63) is 17.6 Å². The van der Waals surface area contributed by atoms with Crippen LogP contribution in [0.15, 0.2) is 6.07 Å². The maximum Gasteiger partial charge on any atom is 0.132 e. The van der Waals surface area contributed by atoms with E-state index in [1.54, 1.807) is 0 Å². The Hall–Kier alpha value is -1.16. The molecule has 4 heteroatoms. The van der Waals surface area contributed by atoms with Gasteiger partial charge in [-0.25, -0.2) is 9.97 Å². The summed E-state index contributed by atoms with van der Waals surface area (Å²) >= 11 is 0. The molecule has 2 aliphatic rings. The highest BCUT2D eigenvalue weighted by molar-refractivity contribution is 5.42. The molecule has 1 aliphatic heterocycles. The SMILES string of the molecule is Cc1cc(N(CC2CCCNC2)C2CC2)nc(C)n1. The fourth-order valence-electron chi connectivity index (χ4n) is 3.02. The predicted octanol–water partition coefficient (Wildman–Crippen LogP) is 2.06. The van der Waals surface area contributed by atoms with Gasteiger partial charge >= 0.3 is 0 Å². The van der Waals surface area contributed by atoms with Crippen LogP contribution in [0, 0.1) is 19.8 Å². The van der Waals surface area contributed by atoms with E-state index in [4.69, 9.17) is 0 Å². The van der Waals surface area contributed by atoms with Gasteiger partial charge in [0.1, 0.15) is 11.6 Å². The lowest BCUT2D eigenvalue weighted by atomic mass is 9.99. The first kappa shape index (κ1) is 12.9. The number of aryl methyl sites for hydroxylation is 2. The molecule has 1 aliphatic carbocycles. The molecule has 1 aromatic rings. The van der Waals surface area contributed by atoms with Gasteiger partial charge in [0.25, 0.3) is 0 Å². The number of piperidine rings is 1. The van der Waals surface area contributed by atoms with Crippen LogP contribution in [0.25, 0.3) is 0 Å². The summed E-state index contributed by atoms with van der Waals surface area (Å²) in [7, 11) is 0. The number of nitrogens with one attached hydrogen (secondary N) is 1. The van der Waals surface area contributed by atoms with Gasteiger partial charge in [-0.2, -0.15) is 0 Å². The Balaban J connectivity index is 1.76. The average molecular weight is 260 g/mol. The molecule has 104 valence electrons. The summed E-state index contributed by atoms with van der Waals surface area (Å²) in [6, 6.07) is 2.86. The van der Waals surface area contributed by atoms with Gasteiger partial charge in [-0.1, -0.05) is 0 Å². The molecular formula is C15H24N4. The van der Waals surface area contributed by atoms with Crippen molar-refractivity contribution in [2.24, 2.45) is 5.92 Å². The molecule has 0 spiro atoms. The number of rotatable bonds is 4. The molecule has 1 saturated carbocycles. The van der Waals surface area contributed by atoms with Crippen LogP contribution < -0.4 is 10.2 Å². The summed E-state index contributed by atoms with van der Waals surface area (Å²) in [5.41, 5.74) is 1.08. The smallest absolute Gasteiger partial charge is 0.132 e. The van der Waals surface area contributed by atoms with Crippen LogP contribution in [-0.2, 0) is 0 Å². The molecule has 3 rings (SSSR count). The van der Waals surface area contributed by atoms with Gasteiger partial charge in [0.15, 0.2) is 0 Å². The van der Waals surface area contributed by atoms with Gasteiger partial charge in [0.05, 0.1) is 0 Å². The van der Waals surface area contributed by atoms with Crippen LogP contribution in [0.1, 0.15) is 37.2 Å². The zero-order valence-electron chi connectivity index (χ0n) is 12.0. The molecule has 0 radical (unpaired) electrons. The Bertz CT molecular complexity index is 416. The minimum absolute atomic E-state index is 0.718. The third kappa shape index (κ3) is 3.24. The van der Waals surface area contributed by atoms with Crippen molar-refractivity contribution in [1.82, 2.24) is 15.3 Å². The predicted molar refractivity (Wildman–Crippen MR) is 77.5 cm³/mol. The molecule has 1 unspecified atom stereocenters. The van der Waals surface area contributed by atoms with E-state index in [0.717, 1.165) is 42.4 Å². The maximum absolute atomic E-state index is 4.66. The second-order valence-corrected chi connectivity index (χ2v) is 6.01. The first-order chi connectivity index (χ1) is 9.22. The van der Waals surface area contributed by atoms with E-state index in [9.17, 15) is 0 Å². The minimum Gasteiger partial charge on any atom is -0.353 e. The van der Waals surface area contributed by atoms with Crippen molar-refractivity contribution >= 4 is 5.82 Å². The van der Waals surface area contributed by atoms with E-state index >= 15 is 0 Å². The lowest BCUT2D eigenvalue weighted by Gasteiger charge is -2.31.